The lowest BCUT2D eigenvalue weighted by Crippen LogP contribution is -2.26. The summed E-state index contributed by atoms with van der Waals surface area (Å²) in [6.45, 7) is 4.36. The lowest BCUT2D eigenvalue weighted by molar-refractivity contribution is 0.365. The first kappa shape index (κ1) is 9.43. The highest BCUT2D eigenvalue weighted by Gasteiger charge is 2.24. The molecule has 0 aromatic rings. The van der Waals surface area contributed by atoms with Gasteiger partial charge in [-0.2, -0.15) is 0 Å². The summed E-state index contributed by atoms with van der Waals surface area (Å²) < 4.78 is 0. The third-order valence-corrected chi connectivity index (χ3v) is 2.82. The van der Waals surface area contributed by atoms with Gasteiger partial charge < -0.3 is 11.5 Å². The van der Waals surface area contributed by atoms with Crippen molar-refractivity contribution in [1.82, 2.24) is 0 Å². The molecule has 0 fully saturated rings. The minimum Gasteiger partial charge on any atom is -0.401 e. The van der Waals surface area contributed by atoms with Crippen molar-refractivity contribution in [2.24, 2.45) is 16.9 Å². The Morgan fingerprint density at radius 1 is 1.08 bits per heavy atom. The maximum Gasteiger partial charge on any atom is 0.0328 e. The van der Waals surface area contributed by atoms with Crippen LogP contribution in [0.3, 0.4) is 0 Å². The van der Waals surface area contributed by atoms with Crippen LogP contribution in [-0.4, -0.2) is 0 Å². The van der Waals surface area contributed by atoms with E-state index in [4.69, 9.17) is 11.5 Å². The van der Waals surface area contributed by atoms with Crippen molar-refractivity contribution < 1.29 is 0 Å². The summed E-state index contributed by atoms with van der Waals surface area (Å²) in [6, 6.07) is 0. The fraction of sp³-hybridized carbons (Fsp3) is 0.800. The monoisotopic (exact) mass is 168 g/mol. The van der Waals surface area contributed by atoms with Gasteiger partial charge in [0.2, 0.25) is 0 Å². The Kier molecular flexibility index (Phi) is 2.65. The van der Waals surface area contributed by atoms with Gasteiger partial charge in [0.25, 0.3) is 0 Å². The van der Waals surface area contributed by atoms with E-state index in [0.717, 1.165) is 17.8 Å². The van der Waals surface area contributed by atoms with E-state index in [1.807, 2.05) is 0 Å². The van der Waals surface area contributed by atoms with E-state index in [9.17, 15) is 0 Å². The molecule has 0 saturated heterocycles. The molecular formula is C10H20N2. The molecule has 12 heavy (non-hydrogen) atoms. The van der Waals surface area contributed by atoms with Gasteiger partial charge in [-0.1, -0.05) is 26.7 Å². The minimum atomic E-state index is 0.116. The first-order valence-corrected chi connectivity index (χ1v) is 4.78. The maximum atomic E-state index is 5.98. The van der Waals surface area contributed by atoms with Crippen LogP contribution in [0.25, 0.3) is 0 Å². The molecule has 0 atom stereocenters. The highest BCUT2D eigenvalue weighted by molar-refractivity contribution is 5.15. The number of rotatable bonds is 0. The quantitative estimate of drug-likeness (QED) is 0.582. The first-order chi connectivity index (χ1) is 5.54. The maximum absolute atomic E-state index is 5.98. The fourth-order valence-corrected chi connectivity index (χ4v) is 1.76. The Morgan fingerprint density at radius 3 is 2.42 bits per heavy atom. The van der Waals surface area contributed by atoms with Crippen molar-refractivity contribution in [3.05, 3.63) is 11.4 Å². The van der Waals surface area contributed by atoms with Crippen LogP contribution in [0.1, 0.15) is 46.0 Å². The lowest BCUT2D eigenvalue weighted by atomic mass is 9.80. The molecular weight excluding hydrogens is 148 g/mol. The average Bonchev–Trinajstić information content (AvgIpc) is 2.00. The number of hydrogen-bond acceptors (Lipinski definition) is 2. The van der Waals surface area contributed by atoms with Crippen molar-refractivity contribution >= 4 is 0 Å². The fourth-order valence-electron chi connectivity index (χ4n) is 1.76. The lowest BCUT2D eigenvalue weighted by Gasteiger charge is -2.28. The van der Waals surface area contributed by atoms with E-state index in [1.54, 1.807) is 0 Å². The van der Waals surface area contributed by atoms with Gasteiger partial charge >= 0.3 is 0 Å². The van der Waals surface area contributed by atoms with Gasteiger partial charge in [0, 0.05) is 16.8 Å². The zero-order valence-electron chi connectivity index (χ0n) is 8.19. The Bertz CT molecular complexity index is 192. The average molecular weight is 168 g/mol. The van der Waals surface area contributed by atoms with Crippen LogP contribution in [0.5, 0.6) is 0 Å². The standard InChI is InChI=1S/C10H20N2/c1-10(2)7-5-3-4-6-8(11)9(10)12/h3-7,11-12H2,1-2H3/b9-8-. The first-order valence-electron chi connectivity index (χ1n) is 4.78. The summed E-state index contributed by atoms with van der Waals surface area (Å²) >= 11 is 0. The Morgan fingerprint density at radius 2 is 1.75 bits per heavy atom. The van der Waals surface area contributed by atoms with Crippen molar-refractivity contribution in [3.8, 4) is 0 Å². The van der Waals surface area contributed by atoms with Crippen molar-refractivity contribution in [2.45, 2.75) is 46.0 Å². The van der Waals surface area contributed by atoms with E-state index in [-0.39, 0.29) is 5.41 Å². The molecule has 0 bridgehead atoms. The van der Waals surface area contributed by atoms with E-state index in [1.165, 1.54) is 25.7 Å². The molecule has 2 heteroatoms. The van der Waals surface area contributed by atoms with Gasteiger partial charge in [-0.25, -0.2) is 0 Å². The van der Waals surface area contributed by atoms with Crippen molar-refractivity contribution in [1.29, 1.82) is 0 Å². The van der Waals surface area contributed by atoms with Gasteiger partial charge in [-0.05, 0) is 19.3 Å². The van der Waals surface area contributed by atoms with Crippen LogP contribution >= 0.6 is 0 Å². The van der Waals surface area contributed by atoms with Gasteiger partial charge in [0.05, 0.1) is 0 Å². The smallest absolute Gasteiger partial charge is 0.0328 e. The molecule has 0 amide bonds. The van der Waals surface area contributed by atoms with Crippen LogP contribution in [0, 0.1) is 5.41 Å². The summed E-state index contributed by atoms with van der Waals surface area (Å²) in [4.78, 5) is 0. The Hall–Kier alpha value is -0.660. The van der Waals surface area contributed by atoms with Crippen LogP contribution in [0.15, 0.2) is 11.4 Å². The van der Waals surface area contributed by atoms with Gasteiger partial charge in [-0.3, -0.25) is 0 Å². The third kappa shape index (κ3) is 1.93. The molecule has 1 aliphatic carbocycles. The molecule has 0 unspecified atom stereocenters. The molecule has 0 heterocycles. The van der Waals surface area contributed by atoms with Crippen LogP contribution < -0.4 is 11.5 Å². The zero-order chi connectivity index (χ0) is 9.19. The van der Waals surface area contributed by atoms with Crippen molar-refractivity contribution in [2.75, 3.05) is 0 Å². The molecule has 4 N–H and O–H groups in total. The summed E-state index contributed by atoms with van der Waals surface area (Å²) in [5.74, 6) is 0. The molecule has 0 aromatic carbocycles. The van der Waals surface area contributed by atoms with Crippen LogP contribution in [0.4, 0.5) is 0 Å². The van der Waals surface area contributed by atoms with E-state index in [0.29, 0.717) is 0 Å². The van der Waals surface area contributed by atoms with E-state index < -0.39 is 0 Å². The van der Waals surface area contributed by atoms with Crippen LogP contribution in [0.2, 0.25) is 0 Å². The third-order valence-electron chi connectivity index (χ3n) is 2.82. The summed E-state index contributed by atoms with van der Waals surface area (Å²) in [5.41, 5.74) is 13.8. The largest absolute Gasteiger partial charge is 0.401 e. The minimum absolute atomic E-state index is 0.116. The summed E-state index contributed by atoms with van der Waals surface area (Å²) in [6.07, 6.45) is 5.91. The van der Waals surface area contributed by atoms with E-state index in [2.05, 4.69) is 13.8 Å². The molecule has 0 radical (unpaired) electrons. The second-order valence-corrected chi connectivity index (χ2v) is 4.38. The molecule has 0 aromatic heterocycles. The molecule has 1 rings (SSSR count). The molecule has 2 nitrogen and oxygen atoms in total. The summed E-state index contributed by atoms with van der Waals surface area (Å²) in [5, 5.41) is 0. The zero-order valence-corrected chi connectivity index (χ0v) is 8.19. The van der Waals surface area contributed by atoms with Crippen molar-refractivity contribution in [3.63, 3.8) is 0 Å². The second-order valence-electron chi connectivity index (χ2n) is 4.38. The van der Waals surface area contributed by atoms with Gasteiger partial charge in [-0.15, -0.1) is 0 Å². The SMILES string of the molecule is CC1(C)CCCCC/C(N)=C\1N. The molecule has 1 aliphatic rings. The van der Waals surface area contributed by atoms with E-state index >= 15 is 0 Å². The number of allylic oxidation sites excluding steroid dienone is 2. The number of hydrogen-bond donors (Lipinski definition) is 2. The molecule has 0 spiro atoms. The predicted molar refractivity (Wildman–Crippen MR) is 52.3 cm³/mol. The Balaban J connectivity index is 2.84. The highest BCUT2D eigenvalue weighted by atomic mass is 14.7. The molecule has 70 valence electrons. The van der Waals surface area contributed by atoms with Gasteiger partial charge in [0.1, 0.15) is 0 Å². The molecule has 0 saturated carbocycles. The van der Waals surface area contributed by atoms with Crippen LogP contribution in [-0.2, 0) is 0 Å². The Labute approximate surface area is 75.0 Å². The second kappa shape index (κ2) is 3.38. The number of nitrogens with two attached hydrogens (primary N) is 2. The highest BCUT2D eigenvalue weighted by Crippen LogP contribution is 2.33. The molecule has 0 aliphatic heterocycles. The normalized spacial score (nSPS) is 30.8. The summed E-state index contributed by atoms with van der Waals surface area (Å²) in [7, 11) is 0. The van der Waals surface area contributed by atoms with Gasteiger partial charge in [0.15, 0.2) is 0 Å². The predicted octanol–water partition coefficient (Wildman–Crippen LogP) is 2.11. The topological polar surface area (TPSA) is 52.0 Å².